The van der Waals surface area contributed by atoms with Crippen molar-refractivity contribution < 1.29 is 9.59 Å². The lowest BCUT2D eigenvalue weighted by Gasteiger charge is -2.43. The zero-order valence-corrected chi connectivity index (χ0v) is 15.9. The van der Waals surface area contributed by atoms with E-state index in [0.717, 1.165) is 37.4 Å². The minimum atomic E-state index is -0.145. The number of carbonyl (C=O) groups is 2. The van der Waals surface area contributed by atoms with Gasteiger partial charge in [0.1, 0.15) is 0 Å². The summed E-state index contributed by atoms with van der Waals surface area (Å²) < 4.78 is 3.63. The summed E-state index contributed by atoms with van der Waals surface area (Å²) in [5.74, 6) is 1.09. The fraction of sp³-hybridized carbons (Fsp3) is 0.611. The lowest BCUT2D eigenvalue weighted by atomic mass is 10.1. The molecule has 1 N–H and O–H groups in total. The molecule has 148 valence electrons. The van der Waals surface area contributed by atoms with Crippen molar-refractivity contribution in [3.8, 4) is 0 Å². The smallest absolute Gasteiger partial charge is 0.289 e. The molecular weight excluding hydrogens is 360 g/mol. The molecule has 2 aromatic heterocycles. The molecule has 4 heterocycles. The molecule has 2 amide bonds. The second kappa shape index (κ2) is 6.69. The third kappa shape index (κ3) is 3.17. The summed E-state index contributed by atoms with van der Waals surface area (Å²) in [6.07, 6.45) is 4.22. The number of fused-ring (bicyclic) bond motifs is 3. The highest BCUT2D eigenvalue weighted by Gasteiger charge is 2.38. The first kappa shape index (κ1) is 17.4. The van der Waals surface area contributed by atoms with Crippen LogP contribution in [0.15, 0.2) is 12.3 Å². The van der Waals surface area contributed by atoms with Crippen molar-refractivity contribution in [2.75, 3.05) is 26.2 Å². The van der Waals surface area contributed by atoms with Gasteiger partial charge >= 0.3 is 0 Å². The number of nitrogens with zero attached hydrogens (tertiary/aromatic N) is 7. The van der Waals surface area contributed by atoms with Gasteiger partial charge in [0.25, 0.3) is 5.91 Å². The summed E-state index contributed by atoms with van der Waals surface area (Å²) in [7, 11) is 1.85. The lowest BCUT2D eigenvalue weighted by molar-refractivity contribution is -0.134. The second-order valence-electron chi connectivity index (χ2n) is 7.83. The molecule has 1 saturated carbocycles. The maximum atomic E-state index is 12.8. The second-order valence-corrected chi connectivity index (χ2v) is 7.83. The average Bonchev–Trinajstić information content (AvgIpc) is 3.23. The van der Waals surface area contributed by atoms with Crippen molar-refractivity contribution in [2.45, 2.75) is 37.9 Å². The molecule has 28 heavy (non-hydrogen) atoms. The number of aromatic nitrogens is 5. The quantitative estimate of drug-likeness (QED) is 0.751. The summed E-state index contributed by atoms with van der Waals surface area (Å²) in [5.41, 5.74) is 0.778. The van der Waals surface area contributed by atoms with Crippen molar-refractivity contribution in [2.24, 2.45) is 7.05 Å². The van der Waals surface area contributed by atoms with E-state index in [1.54, 1.807) is 4.68 Å². The van der Waals surface area contributed by atoms with Crippen LogP contribution < -0.4 is 5.32 Å². The summed E-state index contributed by atoms with van der Waals surface area (Å²) in [5, 5.41) is 15.8. The van der Waals surface area contributed by atoms with E-state index in [-0.39, 0.29) is 23.9 Å². The van der Waals surface area contributed by atoms with Crippen molar-refractivity contribution in [1.29, 1.82) is 0 Å². The van der Waals surface area contributed by atoms with Crippen LogP contribution in [0.4, 0.5) is 0 Å². The number of amides is 2. The molecule has 10 nitrogen and oxygen atoms in total. The third-order valence-electron chi connectivity index (χ3n) is 5.75. The van der Waals surface area contributed by atoms with Gasteiger partial charge in [0.15, 0.2) is 5.82 Å². The van der Waals surface area contributed by atoms with E-state index in [0.29, 0.717) is 31.9 Å². The van der Waals surface area contributed by atoms with Gasteiger partial charge in [0.05, 0.1) is 18.2 Å². The normalized spacial score (nSPS) is 21.9. The maximum Gasteiger partial charge on any atom is 0.289 e. The molecule has 2 aromatic rings. The molecule has 0 bridgehead atoms. The Bertz CT molecular complexity index is 915. The van der Waals surface area contributed by atoms with Gasteiger partial charge in [0, 0.05) is 52.0 Å². The monoisotopic (exact) mass is 384 g/mol. The van der Waals surface area contributed by atoms with E-state index in [1.807, 2.05) is 28.8 Å². The Hall–Kier alpha value is -2.75. The lowest BCUT2D eigenvalue weighted by Crippen LogP contribution is -2.54. The van der Waals surface area contributed by atoms with Crippen LogP contribution in [0.5, 0.6) is 0 Å². The van der Waals surface area contributed by atoms with Crippen molar-refractivity contribution in [3.63, 3.8) is 0 Å². The molecule has 3 aliphatic rings. The number of hydrogen-bond donors (Lipinski definition) is 1. The molecule has 1 atom stereocenters. The molecule has 0 radical (unpaired) electrons. The van der Waals surface area contributed by atoms with Crippen molar-refractivity contribution >= 4 is 11.8 Å². The van der Waals surface area contributed by atoms with E-state index in [4.69, 9.17) is 0 Å². The molecule has 1 aliphatic carbocycles. The van der Waals surface area contributed by atoms with Gasteiger partial charge in [-0.2, -0.15) is 5.10 Å². The Morgan fingerprint density at radius 1 is 1.18 bits per heavy atom. The molecule has 2 fully saturated rings. The molecule has 0 unspecified atom stereocenters. The van der Waals surface area contributed by atoms with Crippen LogP contribution in [0.25, 0.3) is 0 Å². The largest absolute Gasteiger partial charge is 0.347 e. The summed E-state index contributed by atoms with van der Waals surface area (Å²) in [4.78, 5) is 29.4. The number of nitrogens with one attached hydrogen (secondary N) is 1. The van der Waals surface area contributed by atoms with Crippen LogP contribution in [-0.2, 0) is 24.8 Å². The highest BCUT2D eigenvalue weighted by molar-refractivity contribution is 5.91. The zero-order valence-electron chi connectivity index (χ0n) is 15.9. The van der Waals surface area contributed by atoms with Gasteiger partial charge in [0.2, 0.25) is 11.7 Å². The van der Waals surface area contributed by atoms with Gasteiger partial charge in [-0.25, -0.2) is 0 Å². The van der Waals surface area contributed by atoms with Gasteiger partial charge in [-0.3, -0.25) is 19.2 Å². The third-order valence-corrected chi connectivity index (χ3v) is 5.75. The SMILES string of the molecule is Cn1ccc(CC(=O)N2CCN3CCn4c(C(=O)NC5CC5)nnc4[C@H]3C2)n1. The highest BCUT2D eigenvalue weighted by Crippen LogP contribution is 2.29. The Morgan fingerprint density at radius 2 is 2.00 bits per heavy atom. The zero-order chi connectivity index (χ0) is 19.3. The minimum Gasteiger partial charge on any atom is -0.347 e. The highest BCUT2D eigenvalue weighted by atomic mass is 16.2. The van der Waals surface area contributed by atoms with Gasteiger partial charge in [-0.1, -0.05) is 0 Å². The van der Waals surface area contributed by atoms with Crippen LogP contribution in [-0.4, -0.2) is 78.4 Å². The standard InChI is InChI=1S/C18H24N8O2/c1-23-5-4-13(22-23)10-15(27)25-7-6-24-8-9-26-16(14(24)11-25)20-21-17(26)18(28)19-12-2-3-12/h4-5,12,14H,2-3,6-11H2,1H3,(H,19,28)/t14-/m1/s1. The number of hydrogen-bond acceptors (Lipinski definition) is 6. The predicted molar refractivity (Wildman–Crippen MR) is 98.3 cm³/mol. The van der Waals surface area contributed by atoms with Crippen LogP contribution in [0.2, 0.25) is 0 Å². The van der Waals surface area contributed by atoms with E-state index in [1.165, 1.54) is 0 Å². The molecule has 0 spiro atoms. The number of carbonyl (C=O) groups excluding carboxylic acids is 2. The Labute approximate surface area is 162 Å². The molecule has 10 heteroatoms. The van der Waals surface area contributed by atoms with Crippen LogP contribution in [0.1, 0.15) is 41.0 Å². The first-order chi connectivity index (χ1) is 13.6. The van der Waals surface area contributed by atoms with E-state index in [9.17, 15) is 9.59 Å². The molecule has 2 aliphatic heterocycles. The number of aryl methyl sites for hydroxylation is 1. The predicted octanol–water partition coefficient (Wildman–Crippen LogP) is -0.655. The Morgan fingerprint density at radius 3 is 2.75 bits per heavy atom. The topological polar surface area (TPSA) is 101 Å². The fourth-order valence-corrected chi connectivity index (χ4v) is 4.04. The van der Waals surface area contributed by atoms with Crippen molar-refractivity contribution in [3.05, 3.63) is 29.6 Å². The molecule has 5 rings (SSSR count). The number of rotatable bonds is 4. The summed E-state index contributed by atoms with van der Waals surface area (Å²) >= 11 is 0. The van der Waals surface area contributed by atoms with Crippen LogP contribution in [0, 0.1) is 0 Å². The minimum absolute atomic E-state index is 0.0230. The number of piperazine rings is 1. The molecule has 1 saturated heterocycles. The maximum absolute atomic E-state index is 12.8. The Kier molecular flexibility index (Phi) is 4.15. The van der Waals surface area contributed by atoms with Gasteiger partial charge in [-0.05, 0) is 18.9 Å². The summed E-state index contributed by atoms with van der Waals surface area (Å²) in [6, 6.07) is 2.14. The fourth-order valence-electron chi connectivity index (χ4n) is 4.04. The van der Waals surface area contributed by atoms with E-state index < -0.39 is 0 Å². The van der Waals surface area contributed by atoms with E-state index in [2.05, 4.69) is 25.5 Å². The molecular formula is C18H24N8O2. The van der Waals surface area contributed by atoms with Crippen molar-refractivity contribution in [1.82, 2.24) is 39.7 Å². The van der Waals surface area contributed by atoms with E-state index >= 15 is 0 Å². The summed E-state index contributed by atoms with van der Waals surface area (Å²) in [6.45, 7) is 3.60. The Balaban J connectivity index is 1.31. The average molecular weight is 384 g/mol. The molecule has 0 aromatic carbocycles. The van der Waals surface area contributed by atoms with Gasteiger partial charge < -0.3 is 14.8 Å². The first-order valence-electron chi connectivity index (χ1n) is 9.83. The first-order valence-corrected chi connectivity index (χ1v) is 9.83. The van der Waals surface area contributed by atoms with Gasteiger partial charge in [-0.15, -0.1) is 10.2 Å². The van der Waals surface area contributed by atoms with Crippen LogP contribution >= 0.6 is 0 Å². The van der Waals surface area contributed by atoms with Crippen LogP contribution in [0.3, 0.4) is 0 Å².